The molecule has 0 fully saturated rings. The molecule has 0 aliphatic carbocycles. The van der Waals surface area contributed by atoms with Crippen molar-refractivity contribution in [3.63, 3.8) is 0 Å². The highest BCUT2D eigenvalue weighted by atomic mass is 16.5. The molecule has 6 heteroatoms. The molecule has 6 nitrogen and oxygen atoms in total. The molecule has 0 unspecified atom stereocenters. The van der Waals surface area contributed by atoms with E-state index in [4.69, 9.17) is 4.74 Å². The Labute approximate surface area is 165 Å². The zero-order chi connectivity index (χ0) is 19.9. The third kappa shape index (κ3) is 4.58. The summed E-state index contributed by atoms with van der Waals surface area (Å²) < 4.78 is 5.94. The summed E-state index contributed by atoms with van der Waals surface area (Å²) in [7, 11) is 3.72. The largest absolute Gasteiger partial charge is 0.457 e. The van der Waals surface area contributed by atoms with Crippen LogP contribution in [0.2, 0.25) is 0 Å². The zero-order valence-electron chi connectivity index (χ0n) is 16.5. The molecule has 146 valence electrons. The highest BCUT2D eigenvalue weighted by Crippen LogP contribution is 2.28. The van der Waals surface area contributed by atoms with E-state index in [1.807, 2.05) is 42.6 Å². The molecule has 1 heterocycles. The molecule has 1 aromatic heterocycles. The zero-order valence-corrected chi connectivity index (χ0v) is 16.5. The molecule has 0 atom stereocenters. The maximum Gasteiger partial charge on any atom is 0.254 e. The van der Waals surface area contributed by atoms with E-state index in [2.05, 4.69) is 34.4 Å². The van der Waals surface area contributed by atoms with Crippen LogP contribution in [0, 0.1) is 0 Å². The molecule has 3 rings (SSSR count). The summed E-state index contributed by atoms with van der Waals surface area (Å²) in [6.07, 6.45) is 3.00. The van der Waals surface area contributed by atoms with Gasteiger partial charge in [0, 0.05) is 24.7 Å². The molecule has 28 heavy (non-hydrogen) atoms. The minimum absolute atomic E-state index is 0.175. The third-order valence-electron chi connectivity index (χ3n) is 4.49. The number of carbonyl (C=O) groups excluding carboxylic acids is 1. The minimum Gasteiger partial charge on any atom is -0.457 e. The van der Waals surface area contributed by atoms with E-state index in [0.717, 1.165) is 36.3 Å². The number of nitrogens with one attached hydrogen (secondary N) is 2. The fourth-order valence-corrected chi connectivity index (χ4v) is 3.13. The van der Waals surface area contributed by atoms with Gasteiger partial charge in [0.1, 0.15) is 11.5 Å². The van der Waals surface area contributed by atoms with Crippen LogP contribution in [0.15, 0.2) is 54.7 Å². The Morgan fingerprint density at radius 2 is 1.93 bits per heavy atom. The number of para-hydroxylation sites is 1. The number of hydrogen-bond donors (Lipinski definition) is 2. The standard InChI is InChI=1S/C22H26N4O2/c1-4-13-26(3)15-17-14-24-25-21(17)16-9-11-18(12-10-16)28-20-8-6-5-7-19(20)22(27)23-2/h5-12,14H,4,13,15H2,1-3H3,(H,23,27)(H,24,25). The fourth-order valence-electron chi connectivity index (χ4n) is 3.13. The van der Waals surface area contributed by atoms with Crippen LogP contribution in [-0.4, -0.2) is 41.6 Å². The smallest absolute Gasteiger partial charge is 0.254 e. The van der Waals surface area contributed by atoms with Gasteiger partial charge in [-0.2, -0.15) is 5.10 Å². The van der Waals surface area contributed by atoms with Gasteiger partial charge in [-0.05, 0) is 56.4 Å². The monoisotopic (exact) mass is 378 g/mol. The van der Waals surface area contributed by atoms with E-state index in [1.54, 1.807) is 19.2 Å². The Kier molecular flexibility index (Phi) is 6.45. The summed E-state index contributed by atoms with van der Waals surface area (Å²) in [5.74, 6) is 1.02. The Morgan fingerprint density at radius 1 is 1.18 bits per heavy atom. The third-order valence-corrected chi connectivity index (χ3v) is 4.49. The number of carbonyl (C=O) groups is 1. The molecule has 1 amide bonds. The first-order valence-corrected chi connectivity index (χ1v) is 9.42. The van der Waals surface area contributed by atoms with Crippen molar-refractivity contribution in [3.05, 3.63) is 65.9 Å². The molecule has 0 saturated carbocycles. The van der Waals surface area contributed by atoms with Crippen LogP contribution in [0.4, 0.5) is 0 Å². The Bertz CT molecular complexity index is 918. The molecule has 0 saturated heterocycles. The van der Waals surface area contributed by atoms with Crippen molar-refractivity contribution < 1.29 is 9.53 Å². The fraction of sp³-hybridized carbons (Fsp3) is 0.273. The SMILES string of the molecule is CCCN(C)Cc1cn[nH]c1-c1ccc(Oc2ccccc2C(=O)NC)cc1. The molecule has 3 aromatic rings. The lowest BCUT2D eigenvalue weighted by atomic mass is 10.1. The molecule has 0 aliphatic heterocycles. The average molecular weight is 378 g/mol. The highest BCUT2D eigenvalue weighted by Gasteiger charge is 2.13. The maximum absolute atomic E-state index is 12.0. The van der Waals surface area contributed by atoms with E-state index in [0.29, 0.717) is 17.1 Å². The molecular weight excluding hydrogens is 352 g/mol. The second-order valence-corrected chi connectivity index (χ2v) is 6.71. The van der Waals surface area contributed by atoms with Gasteiger partial charge >= 0.3 is 0 Å². The molecule has 0 aliphatic rings. The summed E-state index contributed by atoms with van der Waals surface area (Å²) >= 11 is 0. The number of amides is 1. The summed E-state index contributed by atoms with van der Waals surface area (Å²) in [5.41, 5.74) is 3.73. The van der Waals surface area contributed by atoms with Crippen LogP contribution in [0.1, 0.15) is 29.3 Å². The van der Waals surface area contributed by atoms with Gasteiger partial charge < -0.3 is 15.0 Å². The number of H-pyrrole nitrogens is 1. The van der Waals surface area contributed by atoms with E-state index >= 15 is 0 Å². The van der Waals surface area contributed by atoms with Gasteiger partial charge in [0.05, 0.1) is 17.5 Å². The summed E-state index contributed by atoms with van der Waals surface area (Å²) in [5, 5.41) is 9.95. The summed E-state index contributed by atoms with van der Waals surface area (Å²) in [4.78, 5) is 14.3. The second-order valence-electron chi connectivity index (χ2n) is 6.71. The highest BCUT2D eigenvalue weighted by molar-refractivity contribution is 5.96. The first kappa shape index (κ1) is 19.6. The predicted molar refractivity (Wildman–Crippen MR) is 111 cm³/mol. The van der Waals surface area contributed by atoms with Gasteiger partial charge in [-0.3, -0.25) is 9.89 Å². The van der Waals surface area contributed by atoms with Gasteiger partial charge in [0.2, 0.25) is 0 Å². The molecule has 2 aromatic carbocycles. The van der Waals surface area contributed by atoms with Gasteiger partial charge in [-0.25, -0.2) is 0 Å². The first-order chi connectivity index (χ1) is 13.6. The lowest BCUT2D eigenvalue weighted by Crippen LogP contribution is -2.18. The number of ether oxygens (including phenoxy) is 1. The minimum atomic E-state index is -0.175. The van der Waals surface area contributed by atoms with E-state index in [9.17, 15) is 4.79 Å². The lowest BCUT2D eigenvalue weighted by molar-refractivity contribution is 0.0961. The van der Waals surface area contributed by atoms with Crippen molar-refractivity contribution >= 4 is 5.91 Å². The van der Waals surface area contributed by atoms with Gasteiger partial charge in [-0.15, -0.1) is 0 Å². The number of benzene rings is 2. The maximum atomic E-state index is 12.0. The molecular formula is C22H26N4O2. The second kappa shape index (κ2) is 9.19. The number of hydrogen-bond acceptors (Lipinski definition) is 4. The van der Waals surface area contributed by atoms with Crippen molar-refractivity contribution in [1.82, 2.24) is 20.4 Å². The molecule has 0 spiro atoms. The Balaban J connectivity index is 1.77. The van der Waals surface area contributed by atoms with E-state index < -0.39 is 0 Å². The Morgan fingerprint density at radius 3 is 2.64 bits per heavy atom. The van der Waals surface area contributed by atoms with E-state index in [1.165, 1.54) is 0 Å². The normalized spacial score (nSPS) is 10.9. The number of aromatic nitrogens is 2. The predicted octanol–water partition coefficient (Wildman–Crippen LogP) is 4.07. The van der Waals surface area contributed by atoms with Crippen LogP contribution in [0.25, 0.3) is 11.3 Å². The first-order valence-electron chi connectivity index (χ1n) is 9.42. The Hall–Kier alpha value is -3.12. The van der Waals surface area contributed by atoms with Gasteiger partial charge in [0.25, 0.3) is 5.91 Å². The van der Waals surface area contributed by atoms with Crippen LogP contribution in [0.5, 0.6) is 11.5 Å². The molecule has 0 radical (unpaired) electrons. The summed E-state index contributed by atoms with van der Waals surface area (Å²) in [6.45, 7) is 4.06. The lowest BCUT2D eigenvalue weighted by Gasteiger charge is -2.15. The topological polar surface area (TPSA) is 70.2 Å². The van der Waals surface area contributed by atoms with Gasteiger partial charge in [0.15, 0.2) is 0 Å². The van der Waals surface area contributed by atoms with Crippen LogP contribution < -0.4 is 10.1 Å². The van der Waals surface area contributed by atoms with Crippen molar-refractivity contribution in [2.24, 2.45) is 0 Å². The van der Waals surface area contributed by atoms with Crippen molar-refractivity contribution in [3.8, 4) is 22.8 Å². The van der Waals surface area contributed by atoms with Crippen LogP contribution in [0.3, 0.4) is 0 Å². The van der Waals surface area contributed by atoms with Gasteiger partial charge in [-0.1, -0.05) is 19.1 Å². The molecule has 2 N–H and O–H groups in total. The quantitative estimate of drug-likeness (QED) is 0.620. The van der Waals surface area contributed by atoms with Crippen molar-refractivity contribution in [2.75, 3.05) is 20.6 Å². The van der Waals surface area contributed by atoms with Crippen molar-refractivity contribution in [2.45, 2.75) is 19.9 Å². The van der Waals surface area contributed by atoms with E-state index in [-0.39, 0.29) is 5.91 Å². The van der Waals surface area contributed by atoms with Crippen molar-refractivity contribution in [1.29, 1.82) is 0 Å². The van der Waals surface area contributed by atoms with Crippen LogP contribution in [-0.2, 0) is 6.54 Å². The number of nitrogens with zero attached hydrogens (tertiary/aromatic N) is 2. The molecule has 0 bridgehead atoms. The van der Waals surface area contributed by atoms with Crippen LogP contribution >= 0.6 is 0 Å². The average Bonchev–Trinajstić information content (AvgIpc) is 3.16. The summed E-state index contributed by atoms with van der Waals surface area (Å²) in [6, 6.07) is 15.0. The number of aromatic amines is 1. The number of rotatable bonds is 8.